The Balaban J connectivity index is 1.92. The quantitative estimate of drug-likeness (QED) is 0.743. The van der Waals surface area contributed by atoms with Crippen molar-refractivity contribution in [1.29, 1.82) is 0 Å². The highest BCUT2D eigenvalue weighted by atomic mass is 16.5. The Bertz CT molecular complexity index is 441. The van der Waals surface area contributed by atoms with Gasteiger partial charge in [-0.05, 0) is 30.9 Å². The molecule has 1 aromatic rings. The van der Waals surface area contributed by atoms with Crippen LogP contribution in [0.3, 0.4) is 0 Å². The predicted molar refractivity (Wildman–Crippen MR) is 65.7 cm³/mol. The molecule has 0 spiro atoms. The van der Waals surface area contributed by atoms with E-state index in [9.17, 15) is 9.90 Å². The molecule has 0 unspecified atom stereocenters. The molecule has 0 radical (unpaired) electrons. The summed E-state index contributed by atoms with van der Waals surface area (Å²) in [5.41, 5.74) is 0.232. The van der Waals surface area contributed by atoms with Crippen molar-refractivity contribution in [2.75, 3.05) is 13.7 Å². The second kappa shape index (κ2) is 5.27. The number of methoxy groups -OCH3 is 1. The van der Waals surface area contributed by atoms with E-state index in [1.807, 2.05) is 0 Å². The number of hydrogen-bond donors (Lipinski definition) is 3. The van der Waals surface area contributed by atoms with E-state index < -0.39 is 0 Å². The van der Waals surface area contributed by atoms with E-state index in [0.717, 1.165) is 12.8 Å². The Labute approximate surface area is 105 Å². The minimum Gasteiger partial charge on any atom is -0.507 e. The SMILES string of the molecule is COc1ccc(C(=O)NCC2CC(O)C2)c(O)c1. The minimum absolute atomic E-state index is 0.0968. The summed E-state index contributed by atoms with van der Waals surface area (Å²) in [4.78, 5) is 11.8. The summed E-state index contributed by atoms with van der Waals surface area (Å²) in [6.45, 7) is 0.529. The first-order chi connectivity index (χ1) is 8.60. The molecule has 5 nitrogen and oxygen atoms in total. The van der Waals surface area contributed by atoms with Gasteiger partial charge in [0.15, 0.2) is 0 Å². The van der Waals surface area contributed by atoms with Crippen LogP contribution in [0, 0.1) is 5.92 Å². The molecule has 2 rings (SSSR count). The van der Waals surface area contributed by atoms with Gasteiger partial charge < -0.3 is 20.3 Å². The first-order valence-electron chi connectivity index (χ1n) is 5.93. The van der Waals surface area contributed by atoms with Crippen LogP contribution in [0.4, 0.5) is 0 Å². The van der Waals surface area contributed by atoms with Gasteiger partial charge in [-0.1, -0.05) is 0 Å². The summed E-state index contributed by atoms with van der Waals surface area (Å²) in [7, 11) is 1.50. The monoisotopic (exact) mass is 251 g/mol. The Morgan fingerprint density at radius 3 is 2.78 bits per heavy atom. The molecule has 0 aromatic heterocycles. The van der Waals surface area contributed by atoms with Crippen molar-refractivity contribution in [2.24, 2.45) is 5.92 Å². The first-order valence-corrected chi connectivity index (χ1v) is 5.93. The molecule has 0 aliphatic heterocycles. The lowest BCUT2D eigenvalue weighted by atomic mass is 9.82. The van der Waals surface area contributed by atoms with Crippen LogP contribution in [-0.2, 0) is 0 Å². The summed E-state index contributed by atoms with van der Waals surface area (Å²) in [5, 5.41) is 21.6. The molecule has 0 heterocycles. The smallest absolute Gasteiger partial charge is 0.255 e. The summed E-state index contributed by atoms with van der Waals surface area (Å²) >= 11 is 0. The van der Waals surface area contributed by atoms with Crippen LogP contribution < -0.4 is 10.1 Å². The van der Waals surface area contributed by atoms with Crippen molar-refractivity contribution in [3.05, 3.63) is 23.8 Å². The van der Waals surface area contributed by atoms with Crippen molar-refractivity contribution < 1.29 is 19.7 Å². The van der Waals surface area contributed by atoms with Gasteiger partial charge in [-0.25, -0.2) is 0 Å². The number of benzene rings is 1. The summed E-state index contributed by atoms with van der Waals surface area (Å²) in [5.74, 6) is 0.438. The summed E-state index contributed by atoms with van der Waals surface area (Å²) < 4.78 is 4.95. The molecule has 1 amide bonds. The highest BCUT2D eigenvalue weighted by molar-refractivity contribution is 5.97. The molecule has 3 N–H and O–H groups in total. The maximum absolute atomic E-state index is 11.8. The number of aromatic hydroxyl groups is 1. The van der Waals surface area contributed by atoms with Gasteiger partial charge in [0.1, 0.15) is 11.5 Å². The summed E-state index contributed by atoms with van der Waals surface area (Å²) in [6, 6.07) is 4.56. The van der Waals surface area contributed by atoms with Crippen molar-refractivity contribution in [3.8, 4) is 11.5 Å². The number of carbonyl (C=O) groups excluding carboxylic acids is 1. The fourth-order valence-corrected chi connectivity index (χ4v) is 2.03. The van der Waals surface area contributed by atoms with Crippen LogP contribution in [-0.4, -0.2) is 35.9 Å². The number of aliphatic hydroxyl groups is 1. The minimum atomic E-state index is -0.309. The molecule has 1 aliphatic carbocycles. The van der Waals surface area contributed by atoms with Gasteiger partial charge in [-0.3, -0.25) is 4.79 Å². The average Bonchev–Trinajstić information content (AvgIpc) is 2.32. The van der Waals surface area contributed by atoms with E-state index in [0.29, 0.717) is 18.2 Å². The Hall–Kier alpha value is -1.75. The van der Waals surface area contributed by atoms with Gasteiger partial charge in [0.25, 0.3) is 5.91 Å². The van der Waals surface area contributed by atoms with E-state index in [1.165, 1.54) is 19.2 Å². The van der Waals surface area contributed by atoms with Gasteiger partial charge in [-0.2, -0.15) is 0 Å². The molecule has 1 fully saturated rings. The number of carbonyl (C=O) groups is 1. The third kappa shape index (κ3) is 2.73. The second-order valence-corrected chi connectivity index (χ2v) is 4.58. The number of phenolic OH excluding ortho intramolecular Hbond substituents is 1. The zero-order valence-corrected chi connectivity index (χ0v) is 10.2. The maximum atomic E-state index is 11.8. The Morgan fingerprint density at radius 1 is 1.50 bits per heavy atom. The molecular weight excluding hydrogens is 234 g/mol. The molecule has 0 saturated heterocycles. The molecule has 5 heteroatoms. The molecule has 0 atom stereocenters. The van der Waals surface area contributed by atoms with Crippen molar-refractivity contribution in [1.82, 2.24) is 5.32 Å². The number of amides is 1. The molecule has 98 valence electrons. The lowest BCUT2D eigenvalue weighted by Gasteiger charge is -2.31. The molecular formula is C13H17NO4. The molecule has 18 heavy (non-hydrogen) atoms. The Kier molecular flexibility index (Phi) is 3.72. The second-order valence-electron chi connectivity index (χ2n) is 4.58. The topological polar surface area (TPSA) is 78.8 Å². The van der Waals surface area contributed by atoms with Crippen LogP contribution in [0.2, 0.25) is 0 Å². The van der Waals surface area contributed by atoms with Crippen molar-refractivity contribution in [2.45, 2.75) is 18.9 Å². The number of nitrogens with one attached hydrogen (secondary N) is 1. The standard InChI is InChI=1S/C13H17NO4/c1-18-10-2-3-11(12(16)6-10)13(17)14-7-8-4-9(15)5-8/h2-3,6,8-9,15-16H,4-5,7H2,1H3,(H,14,17). The van der Waals surface area contributed by atoms with Gasteiger partial charge in [-0.15, -0.1) is 0 Å². The number of ether oxygens (including phenoxy) is 1. The van der Waals surface area contributed by atoms with Gasteiger partial charge in [0.2, 0.25) is 0 Å². The van der Waals surface area contributed by atoms with Crippen LogP contribution >= 0.6 is 0 Å². The maximum Gasteiger partial charge on any atom is 0.255 e. The van der Waals surface area contributed by atoms with E-state index in [4.69, 9.17) is 9.84 Å². The van der Waals surface area contributed by atoms with E-state index in [-0.39, 0.29) is 23.3 Å². The molecule has 1 aliphatic rings. The third-order valence-corrected chi connectivity index (χ3v) is 3.21. The fourth-order valence-electron chi connectivity index (χ4n) is 2.03. The predicted octanol–water partition coefficient (Wildman–Crippen LogP) is 0.901. The number of phenols is 1. The normalized spacial score (nSPS) is 22.1. The highest BCUT2D eigenvalue weighted by Crippen LogP contribution is 2.27. The molecule has 1 saturated carbocycles. The van der Waals surface area contributed by atoms with Crippen LogP contribution in [0.1, 0.15) is 23.2 Å². The number of rotatable bonds is 4. The zero-order valence-electron chi connectivity index (χ0n) is 10.2. The molecule has 0 bridgehead atoms. The van der Waals surface area contributed by atoms with Crippen molar-refractivity contribution >= 4 is 5.91 Å². The van der Waals surface area contributed by atoms with E-state index in [2.05, 4.69) is 5.32 Å². The Morgan fingerprint density at radius 2 is 2.22 bits per heavy atom. The lowest BCUT2D eigenvalue weighted by Crippen LogP contribution is -2.38. The van der Waals surface area contributed by atoms with Crippen LogP contribution in [0.15, 0.2) is 18.2 Å². The van der Waals surface area contributed by atoms with E-state index in [1.54, 1.807) is 6.07 Å². The third-order valence-electron chi connectivity index (χ3n) is 3.21. The largest absolute Gasteiger partial charge is 0.507 e. The van der Waals surface area contributed by atoms with Crippen molar-refractivity contribution in [3.63, 3.8) is 0 Å². The average molecular weight is 251 g/mol. The fraction of sp³-hybridized carbons (Fsp3) is 0.462. The van der Waals surface area contributed by atoms with E-state index >= 15 is 0 Å². The zero-order chi connectivity index (χ0) is 13.1. The van der Waals surface area contributed by atoms with Crippen LogP contribution in [0.5, 0.6) is 11.5 Å². The molecule has 1 aromatic carbocycles. The van der Waals surface area contributed by atoms with Gasteiger partial charge >= 0.3 is 0 Å². The van der Waals surface area contributed by atoms with Gasteiger partial charge in [0, 0.05) is 12.6 Å². The van der Waals surface area contributed by atoms with Crippen LogP contribution in [0.25, 0.3) is 0 Å². The number of aliphatic hydroxyl groups excluding tert-OH is 1. The summed E-state index contributed by atoms with van der Waals surface area (Å²) in [6.07, 6.45) is 1.24. The first kappa shape index (κ1) is 12.7. The van der Waals surface area contributed by atoms with Gasteiger partial charge in [0.05, 0.1) is 18.8 Å². The highest BCUT2D eigenvalue weighted by Gasteiger charge is 2.27. The lowest BCUT2D eigenvalue weighted by molar-refractivity contribution is 0.0420. The number of hydrogen-bond acceptors (Lipinski definition) is 4.